The van der Waals surface area contributed by atoms with Crippen LogP contribution < -0.4 is 14.8 Å². The maximum atomic E-state index is 12.1. The second kappa shape index (κ2) is 8.68. The number of benzene rings is 2. The van der Waals surface area contributed by atoms with Crippen molar-refractivity contribution in [3.8, 4) is 22.1 Å². The number of methoxy groups -OCH3 is 1. The van der Waals surface area contributed by atoms with E-state index in [1.165, 1.54) is 11.3 Å². The highest BCUT2D eigenvalue weighted by Crippen LogP contribution is 2.34. The second-order valence-corrected chi connectivity index (χ2v) is 7.16. The molecule has 1 aromatic heterocycles. The molecule has 0 radical (unpaired) electrons. The number of amides is 1. The van der Waals surface area contributed by atoms with Crippen molar-refractivity contribution < 1.29 is 14.3 Å². The van der Waals surface area contributed by atoms with Gasteiger partial charge in [-0.2, -0.15) is 0 Å². The third-order valence-electron chi connectivity index (χ3n) is 3.80. The zero-order chi connectivity index (χ0) is 19.2. The fourth-order valence-electron chi connectivity index (χ4n) is 2.50. The van der Waals surface area contributed by atoms with Crippen LogP contribution in [-0.4, -0.2) is 24.0 Å². The minimum atomic E-state index is -0.165. The van der Waals surface area contributed by atoms with Crippen LogP contribution in [0.3, 0.4) is 0 Å². The maximum Gasteiger partial charge on any atom is 0.270 e. The summed E-state index contributed by atoms with van der Waals surface area (Å²) in [5.41, 5.74) is 2.39. The number of rotatable bonds is 7. The topological polar surface area (TPSA) is 60.5 Å². The van der Waals surface area contributed by atoms with Crippen LogP contribution in [0.25, 0.3) is 10.6 Å². The predicted octanol–water partition coefficient (Wildman–Crippen LogP) is 4.54. The summed E-state index contributed by atoms with van der Waals surface area (Å²) in [4.78, 5) is 16.5. The number of nitrogens with zero attached hydrogens (tertiary/aromatic N) is 1. The number of thiazole rings is 1. The Morgan fingerprint density at radius 3 is 2.63 bits per heavy atom. The van der Waals surface area contributed by atoms with E-state index in [4.69, 9.17) is 9.47 Å². The summed E-state index contributed by atoms with van der Waals surface area (Å²) in [6.45, 7) is 4.31. The number of ether oxygens (including phenoxy) is 2. The first-order valence-corrected chi connectivity index (χ1v) is 9.56. The zero-order valence-corrected chi connectivity index (χ0v) is 16.4. The molecular formula is C21H22N2O3S. The number of hydrogen-bond acceptors (Lipinski definition) is 5. The Bertz CT molecular complexity index is 907. The molecule has 0 aliphatic rings. The summed E-state index contributed by atoms with van der Waals surface area (Å²) in [6, 6.07) is 15.7. The van der Waals surface area contributed by atoms with E-state index in [1.807, 2.05) is 62.4 Å². The van der Waals surface area contributed by atoms with Gasteiger partial charge in [-0.1, -0.05) is 30.3 Å². The molecule has 140 valence electrons. The van der Waals surface area contributed by atoms with Crippen LogP contribution in [0.15, 0.2) is 53.9 Å². The maximum absolute atomic E-state index is 12.1. The highest BCUT2D eigenvalue weighted by molar-refractivity contribution is 7.13. The van der Waals surface area contributed by atoms with Crippen molar-refractivity contribution in [1.82, 2.24) is 10.3 Å². The fraction of sp³-hybridized carbons (Fsp3) is 0.238. The van der Waals surface area contributed by atoms with Gasteiger partial charge in [-0.3, -0.25) is 4.79 Å². The Morgan fingerprint density at radius 1 is 1.15 bits per heavy atom. The van der Waals surface area contributed by atoms with Crippen molar-refractivity contribution in [3.63, 3.8) is 0 Å². The van der Waals surface area contributed by atoms with Gasteiger partial charge in [0.05, 0.1) is 7.11 Å². The lowest BCUT2D eigenvalue weighted by molar-refractivity contribution is 0.0939. The molecule has 2 aromatic carbocycles. The first-order valence-electron chi connectivity index (χ1n) is 8.68. The third-order valence-corrected chi connectivity index (χ3v) is 4.70. The van der Waals surface area contributed by atoms with E-state index in [0.29, 0.717) is 23.8 Å². The summed E-state index contributed by atoms with van der Waals surface area (Å²) in [5, 5.41) is 5.37. The number of carbonyl (C=O) groups is 1. The van der Waals surface area contributed by atoms with Gasteiger partial charge < -0.3 is 14.8 Å². The van der Waals surface area contributed by atoms with Crippen LogP contribution in [0.2, 0.25) is 0 Å². The Hall–Kier alpha value is -2.86. The standard InChI is InChI=1S/C21H22N2O3S/c1-14(2)22-20(24)17-13-27-21(23-17)16-9-10-18(19(11-16)25-3)26-12-15-7-5-4-6-8-15/h4-11,13-14H,12H2,1-3H3,(H,22,24). The first-order chi connectivity index (χ1) is 13.1. The van der Waals surface area contributed by atoms with E-state index in [-0.39, 0.29) is 11.9 Å². The molecule has 0 aliphatic carbocycles. The summed E-state index contributed by atoms with van der Waals surface area (Å²) in [6.07, 6.45) is 0. The smallest absolute Gasteiger partial charge is 0.270 e. The van der Waals surface area contributed by atoms with E-state index in [2.05, 4.69) is 10.3 Å². The van der Waals surface area contributed by atoms with Crippen LogP contribution in [-0.2, 0) is 6.61 Å². The highest BCUT2D eigenvalue weighted by atomic mass is 32.1. The van der Waals surface area contributed by atoms with Crippen LogP contribution >= 0.6 is 11.3 Å². The first kappa shape index (κ1) is 18.9. The summed E-state index contributed by atoms with van der Waals surface area (Å²) in [7, 11) is 1.61. The molecule has 0 fully saturated rings. The van der Waals surface area contributed by atoms with Gasteiger partial charge in [0.15, 0.2) is 11.5 Å². The molecule has 0 aliphatic heterocycles. The van der Waals surface area contributed by atoms with Gasteiger partial charge in [-0.25, -0.2) is 4.98 Å². The van der Waals surface area contributed by atoms with Crippen molar-refractivity contribution in [3.05, 3.63) is 65.2 Å². The number of aromatic nitrogens is 1. The van der Waals surface area contributed by atoms with Crippen molar-refractivity contribution in [1.29, 1.82) is 0 Å². The molecule has 27 heavy (non-hydrogen) atoms. The SMILES string of the molecule is COc1cc(-c2nc(C(=O)NC(C)C)cs2)ccc1OCc1ccccc1. The number of nitrogens with one attached hydrogen (secondary N) is 1. The predicted molar refractivity (Wildman–Crippen MR) is 107 cm³/mol. The Balaban J connectivity index is 1.76. The Kier molecular flexibility index (Phi) is 6.08. The van der Waals surface area contributed by atoms with Crippen LogP contribution in [0, 0.1) is 0 Å². The largest absolute Gasteiger partial charge is 0.493 e. The molecular weight excluding hydrogens is 360 g/mol. The van der Waals surface area contributed by atoms with Crippen molar-refractivity contribution in [2.24, 2.45) is 0 Å². The normalized spacial score (nSPS) is 10.7. The molecule has 1 N–H and O–H groups in total. The lowest BCUT2D eigenvalue weighted by atomic mass is 10.2. The van der Waals surface area contributed by atoms with E-state index in [0.717, 1.165) is 16.1 Å². The molecule has 5 nitrogen and oxygen atoms in total. The van der Waals surface area contributed by atoms with Gasteiger partial charge in [0.1, 0.15) is 17.3 Å². The highest BCUT2D eigenvalue weighted by Gasteiger charge is 2.14. The molecule has 0 spiro atoms. The van der Waals surface area contributed by atoms with Gasteiger partial charge in [-0.05, 0) is 37.6 Å². The molecule has 3 aromatic rings. The average Bonchev–Trinajstić information content (AvgIpc) is 3.17. The van der Waals surface area contributed by atoms with E-state index in [9.17, 15) is 4.79 Å². The molecule has 0 saturated heterocycles. The van der Waals surface area contributed by atoms with E-state index in [1.54, 1.807) is 12.5 Å². The average molecular weight is 382 g/mol. The molecule has 0 unspecified atom stereocenters. The monoisotopic (exact) mass is 382 g/mol. The van der Waals surface area contributed by atoms with E-state index >= 15 is 0 Å². The third kappa shape index (κ3) is 4.86. The summed E-state index contributed by atoms with van der Waals surface area (Å²) in [5.74, 6) is 1.13. The second-order valence-electron chi connectivity index (χ2n) is 6.31. The molecule has 0 saturated carbocycles. The molecule has 0 bridgehead atoms. The number of carbonyl (C=O) groups excluding carboxylic acids is 1. The summed E-state index contributed by atoms with van der Waals surface area (Å²) < 4.78 is 11.4. The van der Waals surface area contributed by atoms with Gasteiger partial charge in [-0.15, -0.1) is 11.3 Å². The molecule has 3 rings (SSSR count). The molecule has 1 heterocycles. The van der Waals surface area contributed by atoms with Crippen molar-refractivity contribution in [2.75, 3.05) is 7.11 Å². The Labute approximate surface area is 163 Å². The lowest BCUT2D eigenvalue weighted by Crippen LogP contribution is -2.30. The Morgan fingerprint density at radius 2 is 1.93 bits per heavy atom. The molecule has 1 amide bonds. The van der Waals surface area contributed by atoms with Gasteiger partial charge in [0.2, 0.25) is 0 Å². The van der Waals surface area contributed by atoms with Crippen LogP contribution in [0.4, 0.5) is 0 Å². The minimum Gasteiger partial charge on any atom is -0.493 e. The van der Waals surface area contributed by atoms with Gasteiger partial charge in [0, 0.05) is 17.0 Å². The van der Waals surface area contributed by atoms with Gasteiger partial charge in [0.25, 0.3) is 5.91 Å². The molecule has 0 atom stereocenters. The molecule has 6 heteroatoms. The fourth-order valence-corrected chi connectivity index (χ4v) is 3.30. The number of hydrogen-bond donors (Lipinski definition) is 1. The van der Waals surface area contributed by atoms with Crippen LogP contribution in [0.5, 0.6) is 11.5 Å². The van der Waals surface area contributed by atoms with Crippen molar-refractivity contribution >= 4 is 17.2 Å². The lowest BCUT2D eigenvalue weighted by Gasteiger charge is -2.11. The quantitative estimate of drug-likeness (QED) is 0.652. The van der Waals surface area contributed by atoms with Crippen LogP contribution in [0.1, 0.15) is 29.9 Å². The van der Waals surface area contributed by atoms with E-state index < -0.39 is 0 Å². The minimum absolute atomic E-state index is 0.0730. The van der Waals surface area contributed by atoms with Gasteiger partial charge >= 0.3 is 0 Å². The zero-order valence-electron chi connectivity index (χ0n) is 15.6. The van der Waals surface area contributed by atoms with Crippen molar-refractivity contribution in [2.45, 2.75) is 26.5 Å². The summed E-state index contributed by atoms with van der Waals surface area (Å²) >= 11 is 1.43.